The van der Waals surface area contributed by atoms with Gasteiger partial charge in [0.2, 0.25) is 0 Å². The minimum absolute atomic E-state index is 0.0835. The number of ether oxygens (including phenoxy) is 1. The van der Waals surface area contributed by atoms with Gasteiger partial charge in [-0.1, -0.05) is 60.1 Å². The lowest BCUT2D eigenvalue weighted by Gasteiger charge is -2.16. The van der Waals surface area contributed by atoms with Crippen molar-refractivity contribution in [1.82, 2.24) is 5.32 Å². The van der Waals surface area contributed by atoms with Crippen molar-refractivity contribution in [2.45, 2.75) is 18.4 Å². The van der Waals surface area contributed by atoms with E-state index in [1.807, 2.05) is 48.5 Å². The molecule has 0 bridgehead atoms. The number of benzene rings is 3. The summed E-state index contributed by atoms with van der Waals surface area (Å²) < 4.78 is 5.51. The molecule has 1 aliphatic rings. The van der Waals surface area contributed by atoms with Crippen LogP contribution in [0.25, 0.3) is 11.1 Å². The van der Waals surface area contributed by atoms with Crippen LogP contribution in [0.2, 0.25) is 5.02 Å². The highest BCUT2D eigenvalue weighted by atomic mass is 35.5. The molecule has 3 aromatic carbocycles. The fraction of sp³-hybridized carbons (Fsp3) is 0.192. The lowest BCUT2D eigenvalue weighted by atomic mass is 9.98. The summed E-state index contributed by atoms with van der Waals surface area (Å²) in [6, 6.07) is 18.9. The Morgan fingerprint density at radius 2 is 1.60 bits per heavy atom. The maximum Gasteiger partial charge on any atom is 0.411 e. The first kappa shape index (κ1) is 24.3. The van der Waals surface area contributed by atoms with E-state index < -0.39 is 24.0 Å². The number of carboxylic acid groups (broad SMARTS) is 1. The Morgan fingerprint density at radius 1 is 0.971 bits per heavy atom. The summed E-state index contributed by atoms with van der Waals surface area (Å²) in [5, 5.41) is 23.1. The number of hydrogen-bond acceptors (Lipinski definition) is 5. The number of carbonyl (C=O) groups is 3. The van der Waals surface area contributed by atoms with Crippen LogP contribution in [0.4, 0.5) is 10.5 Å². The van der Waals surface area contributed by atoms with Crippen molar-refractivity contribution in [3.63, 3.8) is 0 Å². The second kappa shape index (κ2) is 10.6. The Morgan fingerprint density at radius 3 is 2.17 bits per heavy atom. The van der Waals surface area contributed by atoms with Gasteiger partial charge in [-0.05, 0) is 40.5 Å². The van der Waals surface area contributed by atoms with Crippen LogP contribution < -0.4 is 10.6 Å². The van der Waals surface area contributed by atoms with Crippen LogP contribution >= 0.6 is 11.6 Å². The van der Waals surface area contributed by atoms with E-state index in [4.69, 9.17) is 26.6 Å². The maximum absolute atomic E-state index is 12.5. The highest BCUT2D eigenvalue weighted by molar-refractivity contribution is 6.34. The van der Waals surface area contributed by atoms with Crippen LogP contribution in [-0.4, -0.2) is 47.4 Å². The summed E-state index contributed by atoms with van der Waals surface area (Å²) in [6.45, 7) is -0.250. The maximum atomic E-state index is 12.5. The largest absolute Gasteiger partial charge is 0.480 e. The Labute approximate surface area is 206 Å². The smallest absolute Gasteiger partial charge is 0.411 e. The van der Waals surface area contributed by atoms with Gasteiger partial charge < -0.3 is 20.3 Å². The molecule has 0 unspecified atom stereocenters. The Hall–Kier alpha value is -3.88. The summed E-state index contributed by atoms with van der Waals surface area (Å²) in [7, 11) is 0. The van der Waals surface area contributed by atoms with Crippen molar-refractivity contribution in [3.05, 3.63) is 88.4 Å². The van der Waals surface area contributed by atoms with Crippen LogP contribution in [-0.2, 0) is 9.53 Å². The van der Waals surface area contributed by atoms with Crippen LogP contribution in [0.5, 0.6) is 0 Å². The van der Waals surface area contributed by atoms with Gasteiger partial charge >= 0.3 is 12.1 Å². The molecule has 8 nitrogen and oxygen atoms in total. The van der Waals surface area contributed by atoms with Crippen LogP contribution in [0, 0.1) is 0 Å². The number of halogens is 1. The average molecular weight is 495 g/mol. The van der Waals surface area contributed by atoms with Crippen molar-refractivity contribution in [2.24, 2.45) is 0 Å². The molecular formula is C26H23ClN2O6. The Kier molecular flexibility index (Phi) is 7.33. The van der Waals surface area contributed by atoms with E-state index in [0.29, 0.717) is 0 Å². The number of aliphatic hydroxyl groups excluding tert-OH is 1. The molecule has 180 valence electrons. The summed E-state index contributed by atoms with van der Waals surface area (Å²) in [5.41, 5.74) is 4.78. The molecule has 0 fully saturated rings. The van der Waals surface area contributed by atoms with E-state index >= 15 is 0 Å². The predicted octanol–water partition coefficient (Wildman–Crippen LogP) is 4.27. The van der Waals surface area contributed by atoms with E-state index in [2.05, 4.69) is 10.6 Å². The van der Waals surface area contributed by atoms with E-state index in [0.717, 1.165) is 22.3 Å². The molecule has 1 atom stereocenters. The van der Waals surface area contributed by atoms with Crippen molar-refractivity contribution in [2.75, 3.05) is 18.5 Å². The number of anilines is 1. The van der Waals surface area contributed by atoms with Crippen molar-refractivity contribution in [1.29, 1.82) is 0 Å². The van der Waals surface area contributed by atoms with Gasteiger partial charge in [-0.3, -0.25) is 10.1 Å². The van der Waals surface area contributed by atoms with E-state index in [1.165, 1.54) is 18.2 Å². The lowest BCUT2D eigenvalue weighted by molar-refractivity contribution is -0.139. The molecule has 0 aliphatic heterocycles. The number of rotatable bonds is 8. The first-order valence-corrected chi connectivity index (χ1v) is 11.3. The van der Waals surface area contributed by atoms with Crippen LogP contribution in [0.3, 0.4) is 0 Å². The molecule has 35 heavy (non-hydrogen) atoms. The number of nitrogens with one attached hydrogen (secondary N) is 2. The third-order valence-corrected chi connectivity index (χ3v) is 6.15. The average Bonchev–Trinajstić information content (AvgIpc) is 3.17. The zero-order chi connectivity index (χ0) is 24.9. The molecule has 4 rings (SSSR count). The van der Waals surface area contributed by atoms with E-state index in [9.17, 15) is 14.4 Å². The van der Waals surface area contributed by atoms with Gasteiger partial charge in [0.15, 0.2) is 0 Å². The van der Waals surface area contributed by atoms with Crippen LogP contribution in [0.15, 0.2) is 66.7 Å². The number of carbonyl (C=O) groups excluding carboxylic acids is 2. The summed E-state index contributed by atoms with van der Waals surface area (Å²) in [6.07, 6.45) is -0.823. The van der Waals surface area contributed by atoms with Gasteiger partial charge in [-0.25, -0.2) is 9.59 Å². The lowest BCUT2D eigenvalue weighted by Crippen LogP contribution is -2.41. The molecule has 0 saturated heterocycles. The molecule has 2 amide bonds. The molecule has 0 radical (unpaired) electrons. The normalized spacial score (nSPS) is 12.9. The topological polar surface area (TPSA) is 125 Å². The molecule has 4 N–H and O–H groups in total. The van der Waals surface area contributed by atoms with Gasteiger partial charge in [0, 0.05) is 24.5 Å². The fourth-order valence-electron chi connectivity index (χ4n) is 4.13. The minimum Gasteiger partial charge on any atom is -0.480 e. The number of aliphatic hydroxyl groups is 1. The van der Waals surface area contributed by atoms with Crippen LogP contribution in [0.1, 0.15) is 33.8 Å². The molecule has 0 spiro atoms. The zero-order valence-electron chi connectivity index (χ0n) is 18.5. The number of carboxylic acids is 1. The second-order valence-electron chi connectivity index (χ2n) is 8.02. The third-order valence-electron chi connectivity index (χ3n) is 5.83. The van der Waals surface area contributed by atoms with Crippen molar-refractivity contribution < 1.29 is 29.3 Å². The van der Waals surface area contributed by atoms with Gasteiger partial charge in [0.05, 0.1) is 10.7 Å². The summed E-state index contributed by atoms with van der Waals surface area (Å²) >= 11 is 6.23. The molecule has 0 saturated carbocycles. The monoisotopic (exact) mass is 494 g/mol. The summed E-state index contributed by atoms with van der Waals surface area (Å²) in [5.74, 6) is -2.01. The second-order valence-corrected chi connectivity index (χ2v) is 8.43. The van der Waals surface area contributed by atoms with E-state index in [1.54, 1.807) is 0 Å². The Balaban J connectivity index is 1.39. The van der Waals surface area contributed by atoms with Gasteiger partial charge in [0.25, 0.3) is 5.91 Å². The van der Waals surface area contributed by atoms with Crippen molar-refractivity contribution >= 4 is 35.3 Å². The Bertz CT molecular complexity index is 1230. The highest BCUT2D eigenvalue weighted by Gasteiger charge is 2.29. The predicted molar refractivity (Wildman–Crippen MR) is 131 cm³/mol. The standard InChI is InChI=1S/C26H23ClN2O6/c27-21-13-15(24(31)28-23(11-12-30)25(32)33)9-10-22(21)29-26(34)35-14-20-18-7-3-1-5-16(18)17-6-2-4-8-19(17)20/h1-10,13,20,23,30H,11-12,14H2,(H,28,31)(H,29,34)(H,32,33)/t23-/m1/s1. The zero-order valence-corrected chi connectivity index (χ0v) is 19.3. The minimum atomic E-state index is -1.26. The molecule has 9 heteroatoms. The molecule has 0 aromatic heterocycles. The number of amides is 2. The fourth-order valence-corrected chi connectivity index (χ4v) is 4.36. The SMILES string of the molecule is O=C(Nc1ccc(C(=O)N[C@H](CCO)C(=O)O)cc1Cl)OCC1c2ccccc2-c2ccccc21. The van der Waals surface area contributed by atoms with Gasteiger partial charge in [0.1, 0.15) is 12.6 Å². The molecule has 0 heterocycles. The number of hydrogen-bond donors (Lipinski definition) is 4. The molecule has 3 aromatic rings. The molecular weight excluding hydrogens is 472 g/mol. The first-order valence-electron chi connectivity index (χ1n) is 10.9. The number of aliphatic carboxylic acids is 1. The first-order chi connectivity index (χ1) is 16.9. The van der Waals surface area contributed by atoms with Gasteiger partial charge in [-0.2, -0.15) is 0 Å². The summed E-state index contributed by atoms with van der Waals surface area (Å²) in [4.78, 5) is 36.0. The molecule has 1 aliphatic carbocycles. The third kappa shape index (κ3) is 5.29. The quantitative estimate of drug-likeness (QED) is 0.370. The number of fused-ring (bicyclic) bond motifs is 3. The van der Waals surface area contributed by atoms with Gasteiger partial charge in [-0.15, -0.1) is 0 Å². The van der Waals surface area contributed by atoms with Crippen molar-refractivity contribution in [3.8, 4) is 11.1 Å². The highest BCUT2D eigenvalue weighted by Crippen LogP contribution is 2.44. The van der Waals surface area contributed by atoms with E-state index in [-0.39, 0.29) is 41.8 Å².